The summed E-state index contributed by atoms with van der Waals surface area (Å²) in [6.45, 7) is 0.169. The molecule has 4 rings (SSSR count). The third-order valence-electron chi connectivity index (χ3n) is 5.13. The van der Waals surface area contributed by atoms with Crippen LogP contribution in [0.1, 0.15) is 17.2 Å². The molecule has 9 nitrogen and oxygen atoms in total. The second kappa shape index (κ2) is 8.13. The Morgan fingerprint density at radius 2 is 1.73 bits per heavy atom. The summed E-state index contributed by atoms with van der Waals surface area (Å²) in [5, 5.41) is 16.5. The van der Waals surface area contributed by atoms with Crippen LogP contribution in [0.5, 0.6) is 5.75 Å². The van der Waals surface area contributed by atoms with E-state index < -0.39 is 36.1 Å². The lowest BCUT2D eigenvalue weighted by Crippen LogP contribution is -2.71. The summed E-state index contributed by atoms with van der Waals surface area (Å²) in [5.41, 5.74) is 1.57. The van der Waals surface area contributed by atoms with Crippen molar-refractivity contribution in [1.29, 1.82) is 5.26 Å². The molecule has 0 aliphatic carbocycles. The Morgan fingerprint density at radius 1 is 1.00 bits per heavy atom. The minimum Gasteiger partial charge on any atom is -0.479 e. The highest BCUT2D eigenvalue weighted by Gasteiger charge is 2.49. The average molecular weight is 405 g/mol. The van der Waals surface area contributed by atoms with Gasteiger partial charge in [-0.05, 0) is 23.3 Å². The monoisotopic (exact) mass is 405 g/mol. The van der Waals surface area contributed by atoms with Crippen molar-refractivity contribution in [2.45, 2.75) is 18.8 Å². The van der Waals surface area contributed by atoms with Gasteiger partial charge in [-0.3, -0.25) is 15.0 Å². The molecule has 2 aromatic rings. The number of urea groups is 2. The van der Waals surface area contributed by atoms with Gasteiger partial charge in [0.25, 0.3) is 0 Å². The van der Waals surface area contributed by atoms with Crippen molar-refractivity contribution in [3.05, 3.63) is 65.7 Å². The topological polar surface area (TPSA) is 124 Å². The fourth-order valence-electron chi connectivity index (χ4n) is 3.76. The Bertz CT molecular complexity index is 1000. The van der Waals surface area contributed by atoms with Gasteiger partial charge < -0.3 is 15.4 Å². The van der Waals surface area contributed by atoms with E-state index in [-0.39, 0.29) is 13.2 Å². The summed E-state index contributed by atoms with van der Waals surface area (Å²) in [5.74, 6) is -0.683. The number of amides is 5. The number of hydrogen-bond donors (Lipinski definition) is 3. The molecule has 2 aliphatic rings. The van der Waals surface area contributed by atoms with E-state index in [9.17, 15) is 14.4 Å². The van der Waals surface area contributed by atoms with Gasteiger partial charge in [0.15, 0.2) is 6.61 Å². The van der Waals surface area contributed by atoms with Gasteiger partial charge in [-0.15, -0.1) is 0 Å². The van der Waals surface area contributed by atoms with Gasteiger partial charge in [0.05, 0.1) is 6.04 Å². The molecule has 2 aromatic carbocycles. The van der Waals surface area contributed by atoms with Crippen molar-refractivity contribution < 1.29 is 19.1 Å². The number of nitriles is 1. The maximum absolute atomic E-state index is 12.7. The van der Waals surface area contributed by atoms with E-state index in [0.29, 0.717) is 11.3 Å². The lowest BCUT2D eigenvalue weighted by Gasteiger charge is -2.46. The summed E-state index contributed by atoms with van der Waals surface area (Å²) in [6.07, 6.45) is -0.792. The molecule has 0 bridgehead atoms. The second-order valence-corrected chi connectivity index (χ2v) is 6.99. The third kappa shape index (κ3) is 3.75. The first-order valence-corrected chi connectivity index (χ1v) is 9.39. The van der Waals surface area contributed by atoms with E-state index in [1.807, 2.05) is 36.4 Å². The summed E-state index contributed by atoms with van der Waals surface area (Å²) in [4.78, 5) is 39.1. The van der Waals surface area contributed by atoms with Crippen molar-refractivity contribution in [2.75, 3.05) is 6.61 Å². The summed E-state index contributed by atoms with van der Waals surface area (Å²) >= 11 is 0. The summed E-state index contributed by atoms with van der Waals surface area (Å²) in [7, 11) is 0. The molecule has 152 valence electrons. The number of ether oxygens (including phenoxy) is 1. The zero-order valence-electron chi connectivity index (χ0n) is 15.9. The molecule has 0 saturated carbocycles. The van der Waals surface area contributed by atoms with Gasteiger partial charge >= 0.3 is 12.1 Å². The lowest BCUT2D eigenvalue weighted by molar-refractivity contribution is -0.130. The van der Waals surface area contributed by atoms with Gasteiger partial charge in [0.1, 0.15) is 23.9 Å². The number of rotatable bonds is 5. The van der Waals surface area contributed by atoms with Crippen LogP contribution in [0, 0.1) is 17.2 Å². The Morgan fingerprint density at radius 3 is 2.43 bits per heavy atom. The molecule has 0 aromatic heterocycles. The van der Waals surface area contributed by atoms with Crippen LogP contribution in [0.25, 0.3) is 0 Å². The number of nitrogens with one attached hydrogen (secondary N) is 3. The van der Waals surface area contributed by atoms with E-state index in [0.717, 1.165) is 5.56 Å². The van der Waals surface area contributed by atoms with Crippen LogP contribution in [0.15, 0.2) is 54.6 Å². The first-order valence-electron chi connectivity index (χ1n) is 9.39. The molecule has 2 fully saturated rings. The molecular weight excluding hydrogens is 386 g/mol. The van der Waals surface area contributed by atoms with E-state index in [1.165, 1.54) is 4.90 Å². The number of carbonyl (C=O) groups is 3. The zero-order valence-corrected chi connectivity index (χ0v) is 15.9. The van der Waals surface area contributed by atoms with Gasteiger partial charge in [-0.1, -0.05) is 42.5 Å². The molecule has 3 atom stereocenters. The van der Waals surface area contributed by atoms with E-state index in [4.69, 9.17) is 10.00 Å². The molecule has 2 saturated heterocycles. The van der Waals surface area contributed by atoms with Crippen molar-refractivity contribution >= 4 is 18.0 Å². The highest BCUT2D eigenvalue weighted by Crippen LogP contribution is 2.33. The van der Waals surface area contributed by atoms with Crippen LogP contribution in [-0.4, -0.2) is 35.6 Å². The quantitative estimate of drug-likeness (QED) is 0.698. The minimum atomic E-state index is -0.792. The van der Waals surface area contributed by atoms with Crippen molar-refractivity contribution in [3.63, 3.8) is 0 Å². The first kappa shape index (κ1) is 19.3. The Labute approximate surface area is 172 Å². The van der Waals surface area contributed by atoms with Crippen molar-refractivity contribution in [3.8, 4) is 11.8 Å². The molecule has 2 aliphatic heterocycles. The highest BCUT2D eigenvalue weighted by molar-refractivity contribution is 6.00. The van der Waals surface area contributed by atoms with Crippen LogP contribution >= 0.6 is 0 Å². The number of benzene rings is 2. The first-order chi connectivity index (χ1) is 14.6. The Hall–Kier alpha value is -4.06. The molecule has 0 radical (unpaired) electrons. The average Bonchev–Trinajstić information content (AvgIpc) is 2.75. The molecule has 2 heterocycles. The molecule has 3 unspecified atom stereocenters. The van der Waals surface area contributed by atoms with E-state index >= 15 is 0 Å². The Balaban J connectivity index is 1.62. The molecule has 0 spiro atoms. The molecule has 3 N–H and O–H groups in total. The van der Waals surface area contributed by atoms with Gasteiger partial charge in [0.2, 0.25) is 5.91 Å². The minimum absolute atomic E-state index is 0.0763. The number of imide groups is 1. The largest absolute Gasteiger partial charge is 0.479 e. The van der Waals surface area contributed by atoms with Crippen LogP contribution in [0.4, 0.5) is 9.59 Å². The van der Waals surface area contributed by atoms with Crippen LogP contribution in [0.2, 0.25) is 0 Å². The number of fused-ring (bicyclic) bond motifs is 1. The zero-order chi connectivity index (χ0) is 21.1. The predicted molar refractivity (Wildman–Crippen MR) is 105 cm³/mol. The van der Waals surface area contributed by atoms with Crippen LogP contribution in [0.3, 0.4) is 0 Å². The summed E-state index contributed by atoms with van der Waals surface area (Å²) < 4.78 is 5.25. The predicted octanol–water partition coefficient (Wildman–Crippen LogP) is 1.64. The van der Waals surface area contributed by atoms with Gasteiger partial charge in [-0.2, -0.15) is 5.26 Å². The van der Waals surface area contributed by atoms with Crippen LogP contribution < -0.4 is 20.7 Å². The summed E-state index contributed by atoms with van der Waals surface area (Å²) in [6, 6.07) is 16.4. The maximum Gasteiger partial charge on any atom is 0.326 e. The van der Waals surface area contributed by atoms with E-state index in [2.05, 4.69) is 16.0 Å². The number of carbonyl (C=O) groups excluding carboxylic acids is 3. The fraction of sp³-hybridized carbons (Fsp3) is 0.238. The fourth-order valence-corrected chi connectivity index (χ4v) is 3.76. The Kier molecular flexibility index (Phi) is 5.22. The van der Waals surface area contributed by atoms with Gasteiger partial charge in [0, 0.05) is 6.54 Å². The maximum atomic E-state index is 12.7. The lowest BCUT2D eigenvalue weighted by atomic mass is 9.86. The molecule has 30 heavy (non-hydrogen) atoms. The molecule has 5 amide bonds. The number of nitrogens with zero attached hydrogens (tertiary/aromatic N) is 2. The highest BCUT2D eigenvalue weighted by atomic mass is 16.5. The van der Waals surface area contributed by atoms with E-state index in [1.54, 1.807) is 24.3 Å². The van der Waals surface area contributed by atoms with Crippen molar-refractivity contribution in [1.82, 2.24) is 20.9 Å². The second-order valence-electron chi connectivity index (χ2n) is 6.99. The SMILES string of the molecule is N#CCOc1ccc(C2NC(=O)NC3C2C(=O)NC(=O)N3Cc2ccccc2)cc1. The van der Waals surface area contributed by atoms with Gasteiger partial charge in [-0.25, -0.2) is 9.59 Å². The van der Waals surface area contributed by atoms with Crippen LogP contribution in [-0.2, 0) is 11.3 Å². The molecular formula is C21H19N5O4. The smallest absolute Gasteiger partial charge is 0.326 e. The number of hydrogen-bond acceptors (Lipinski definition) is 5. The van der Waals surface area contributed by atoms with Crippen molar-refractivity contribution in [2.24, 2.45) is 5.92 Å². The molecule has 9 heteroatoms. The normalized spacial score (nSPS) is 22.8. The standard InChI is InChI=1S/C21H19N5O4/c22-10-11-30-15-8-6-14(7-9-15)17-16-18(24-20(28)23-17)26(21(29)25-19(16)27)12-13-4-2-1-3-5-13/h1-9,16-18H,11-12H2,(H2,23,24,28)(H,25,27,29). The third-order valence-corrected chi connectivity index (χ3v) is 5.13.